The number of nitrogens with zero attached hydrogens (tertiary/aromatic N) is 1. The van der Waals surface area contributed by atoms with Crippen molar-refractivity contribution < 1.29 is 4.42 Å². The number of aromatic nitrogens is 1. The summed E-state index contributed by atoms with van der Waals surface area (Å²) in [5.41, 5.74) is 9.05. The predicted octanol–water partition coefficient (Wildman–Crippen LogP) is 3.02. The third kappa shape index (κ3) is 2.13. The van der Waals surface area contributed by atoms with Crippen LogP contribution in [0.3, 0.4) is 0 Å². The van der Waals surface area contributed by atoms with Gasteiger partial charge in [0, 0.05) is 18.3 Å². The third-order valence-electron chi connectivity index (χ3n) is 2.70. The molecule has 0 aliphatic rings. The molecule has 3 aromatic rings. The van der Waals surface area contributed by atoms with Gasteiger partial charge in [0.05, 0.1) is 0 Å². The molecule has 0 aliphatic carbocycles. The number of benzene rings is 2. The van der Waals surface area contributed by atoms with E-state index in [0.717, 1.165) is 5.52 Å². The lowest BCUT2D eigenvalue weighted by molar-refractivity contribution is 0.614. The molecule has 0 saturated heterocycles. The molecule has 2 aromatic carbocycles. The van der Waals surface area contributed by atoms with Crippen LogP contribution in [-0.2, 0) is 6.54 Å². The first kappa shape index (κ1) is 10.7. The van der Waals surface area contributed by atoms with Crippen molar-refractivity contribution >= 4 is 22.8 Å². The highest BCUT2D eigenvalue weighted by molar-refractivity contribution is 5.78. The van der Waals surface area contributed by atoms with Crippen molar-refractivity contribution in [3.63, 3.8) is 0 Å². The highest BCUT2D eigenvalue weighted by Gasteiger charge is 2.05. The second kappa shape index (κ2) is 4.41. The summed E-state index contributed by atoms with van der Waals surface area (Å²) in [6, 6.07) is 16.0. The van der Waals surface area contributed by atoms with Gasteiger partial charge in [-0.2, -0.15) is 4.98 Å². The van der Waals surface area contributed by atoms with Gasteiger partial charge in [0.1, 0.15) is 5.52 Å². The van der Waals surface area contributed by atoms with E-state index in [-0.39, 0.29) is 0 Å². The second-order valence-electron chi connectivity index (χ2n) is 4.09. The van der Waals surface area contributed by atoms with E-state index in [1.165, 1.54) is 5.56 Å². The maximum Gasteiger partial charge on any atom is 0.295 e. The van der Waals surface area contributed by atoms with Crippen molar-refractivity contribution in [1.82, 2.24) is 4.98 Å². The van der Waals surface area contributed by atoms with E-state index in [4.69, 9.17) is 10.2 Å². The molecule has 0 atom stereocenters. The molecule has 4 heteroatoms. The molecule has 1 heterocycles. The normalized spacial score (nSPS) is 10.7. The first-order valence-electron chi connectivity index (χ1n) is 5.75. The van der Waals surface area contributed by atoms with E-state index in [2.05, 4.69) is 10.3 Å². The van der Waals surface area contributed by atoms with Crippen LogP contribution in [0.25, 0.3) is 11.1 Å². The van der Waals surface area contributed by atoms with Crippen molar-refractivity contribution in [1.29, 1.82) is 0 Å². The van der Waals surface area contributed by atoms with E-state index in [9.17, 15) is 0 Å². The zero-order chi connectivity index (χ0) is 12.4. The minimum absolute atomic E-state index is 0.513. The minimum Gasteiger partial charge on any atom is -0.423 e. The van der Waals surface area contributed by atoms with Gasteiger partial charge in [0.2, 0.25) is 0 Å². The molecule has 0 radical (unpaired) electrons. The van der Waals surface area contributed by atoms with Crippen LogP contribution >= 0.6 is 0 Å². The molecule has 0 bridgehead atoms. The topological polar surface area (TPSA) is 64.1 Å². The molecule has 0 spiro atoms. The Morgan fingerprint density at radius 3 is 2.78 bits per heavy atom. The van der Waals surface area contributed by atoms with Gasteiger partial charge in [-0.1, -0.05) is 30.3 Å². The van der Waals surface area contributed by atoms with Crippen LogP contribution in [0.2, 0.25) is 0 Å². The summed E-state index contributed by atoms with van der Waals surface area (Å²) in [5, 5.41) is 3.15. The molecule has 0 fully saturated rings. The van der Waals surface area contributed by atoms with E-state index < -0.39 is 0 Å². The van der Waals surface area contributed by atoms with Gasteiger partial charge in [-0.15, -0.1) is 0 Å². The SMILES string of the molecule is Nc1ccc2nc(NCc3ccccc3)oc2c1. The zero-order valence-electron chi connectivity index (χ0n) is 9.76. The summed E-state index contributed by atoms with van der Waals surface area (Å²) >= 11 is 0. The zero-order valence-corrected chi connectivity index (χ0v) is 9.76. The Hall–Kier alpha value is -2.49. The van der Waals surface area contributed by atoms with Gasteiger partial charge < -0.3 is 15.5 Å². The molecular formula is C14H13N3O. The summed E-state index contributed by atoms with van der Waals surface area (Å²) in [6.07, 6.45) is 0. The monoisotopic (exact) mass is 239 g/mol. The van der Waals surface area contributed by atoms with E-state index >= 15 is 0 Å². The number of rotatable bonds is 3. The molecule has 1 aromatic heterocycles. The average Bonchev–Trinajstić information content (AvgIpc) is 2.79. The fraction of sp³-hybridized carbons (Fsp3) is 0.0714. The molecule has 0 saturated carbocycles. The fourth-order valence-corrected chi connectivity index (χ4v) is 1.79. The fourth-order valence-electron chi connectivity index (χ4n) is 1.79. The Labute approximate surface area is 104 Å². The second-order valence-corrected chi connectivity index (χ2v) is 4.09. The van der Waals surface area contributed by atoms with Crippen molar-refractivity contribution in [2.45, 2.75) is 6.54 Å². The Balaban J connectivity index is 1.79. The van der Waals surface area contributed by atoms with Gasteiger partial charge in [-0.25, -0.2) is 0 Å². The molecule has 0 aliphatic heterocycles. The third-order valence-corrected chi connectivity index (χ3v) is 2.70. The molecular weight excluding hydrogens is 226 g/mol. The minimum atomic E-state index is 0.513. The van der Waals surface area contributed by atoms with Crippen LogP contribution in [0, 0.1) is 0 Å². The van der Waals surface area contributed by atoms with Gasteiger partial charge in [-0.3, -0.25) is 0 Å². The molecule has 4 nitrogen and oxygen atoms in total. The largest absolute Gasteiger partial charge is 0.423 e. The van der Waals surface area contributed by atoms with E-state index in [1.807, 2.05) is 42.5 Å². The van der Waals surface area contributed by atoms with Crippen LogP contribution < -0.4 is 11.1 Å². The van der Waals surface area contributed by atoms with Crippen LogP contribution in [0.15, 0.2) is 52.9 Å². The van der Waals surface area contributed by atoms with Crippen molar-refractivity contribution in [2.75, 3.05) is 11.1 Å². The molecule has 0 unspecified atom stereocenters. The summed E-state index contributed by atoms with van der Waals surface area (Å²) in [5.74, 6) is 0. The van der Waals surface area contributed by atoms with Crippen LogP contribution in [0.4, 0.5) is 11.7 Å². The first-order valence-corrected chi connectivity index (χ1v) is 5.75. The molecule has 3 rings (SSSR count). The van der Waals surface area contributed by atoms with E-state index in [1.54, 1.807) is 6.07 Å². The lowest BCUT2D eigenvalue weighted by atomic mass is 10.2. The number of hydrogen-bond acceptors (Lipinski definition) is 4. The van der Waals surface area contributed by atoms with Gasteiger partial charge in [0.25, 0.3) is 6.01 Å². The number of anilines is 2. The van der Waals surface area contributed by atoms with Gasteiger partial charge in [-0.05, 0) is 17.7 Å². The summed E-state index contributed by atoms with van der Waals surface area (Å²) in [6.45, 7) is 0.684. The molecule has 0 amide bonds. The Kier molecular flexibility index (Phi) is 2.61. The van der Waals surface area contributed by atoms with E-state index in [0.29, 0.717) is 23.8 Å². The molecule has 18 heavy (non-hydrogen) atoms. The first-order chi connectivity index (χ1) is 8.81. The van der Waals surface area contributed by atoms with Crippen LogP contribution in [-0.4, -0.2) is 4.98 Å². The average molecular weight is 239 g/mol. The number of hydrogen-bond donors (Lipinski definition) is 2. The highest BCUT2D eigenvalue weighted by Crippen LogP contribution is 2.21. The number of oxazole rings is 1. The smallest absolute Gasteiger partial charge is 0.295 e. The lowest BCUT2D eigenvalue weighted by Crippen LogP contribution is -1.98. The standard InChI is InChI=1S/C14H13N3O/c15-11-6-7-12-13(8-11)18-14(17-12)16-9-10-4-2-1-3-5-10/h1-8H,9,15H2,(H,16,17). The van der Waals surface area contributed by atoms with Crippen molar-refractivity contribution in [3.05, 3.63) is 54.1 Å². The summed E-state index contributed by atoms with van der Waals surface area (Å²) in [7, 11) is 0. The number of nitrogens with two attached hydrogens (primary N) is 1. The maximum absolute atomic E-state index is 5.69. The van der Waals surface area contributed by atoms with Crippen molar-refractivity contribution in [2.24, 2.45) is 0 Å². The van der Waals surface area contributed by atoms with Crippen LogP contribution in [0.1, 0.15) is 5.56 Å². The maximum atomic E-state index is 5.69. The Morgan fingerprint density at radius 2 is 1.94 bits per heavy atom. The number of nitrogens with one attached hydrogen (secondary N) is 1. The van der Waals surface area contributed by atoms with Crippen LogP contribution in [0.5, 0.6) is 0 Å². The van der Waals surface area contributed by atoms with Gasteiger partial charge >= 0.3 is 0 Å². The lowest BCUT2D eigenvalue weighted by Gasteiger charge is -2.00. The molecule has 90 valence electrons. The number of fused-ring (bicyclic) bond motifs is 1. The van der Waals surface area contributed by atoms with Gasteiger partial charge in [0.15, 0.2) is 5.58 Å². The Bertz CT molecular complexity index is 661. The Morgan fingerprint density at radius 1 is 1.11 bits per heavy atom. The summed E-state index contributed by atoms with van der Waals surface area (Å²) < 4.78 is 5.57. The number of nitrogen functional groups attached to an aromatic ring is 1. The predicted molar refractivity (Wildman–Crippen MR) is 72.2 cm³/mol. The molecule has 3 N–H and O–H groups in total. The van der Waals surface area contributed by atoms with Crippen molar-refractivity contribution in [3.8, 4) is 0 Å². The summed E-state index contributed by atoms with van der Waals surface area (Å²) in [4.78, 5) is 4.34. The quantitative estimate of drug-likeness (QED) is 0.689. The highest BCUT2D eigenvalue weighted by atomic mass is 16.4.